The van der Waals surface area contributed by atoms with Crippen LogP contribution in [0.15, 0.2) is 43.0 Å². The number of rotatable bonds is 6. The summed E-state index contributed by atoms with van der Waals surface area (Å²) in [7, 11) is 0. The average molecular weight is 271 g/mol. The molecule has 0 saturated carbocycles. The Balaban J connectivity index is 1.93. The lowest BCUT2D eigenvalue weighted by atomic mass is 10.0. The molecule has 0 aliphatic heterocycles. The minimum atomic E-state index is 0.125. The maximum Gasteiger partial charge on any atom is 0.223 e. The van der Waals surface area contributed by atoms with Gasteiger partial charge in [-0.1, -0.05) is 26.0 Å². The van der Waals surface area contributed by atoms with Gasteiger partial charge < -0.3 is 9.88 Å². The van der Waals surface area contributed by atoms with Gasteiger partial charge in [0.25, 0.3) is 0 Å². The number of amides is 1. The molecule has 0 aliphatic carbocycles. The second-order valence-electron chi connectivity index (χ2n) is 4.87. The molecule has 1 N–H and O–H groups in total. The first kappa shape index (κ1) is 14.3. The van der Waals surface area contributed by atoms with E-state index in [1.54, 1.807) is 12.5 Å². The summed E-state index contributed by atoms with van der Waals surface area (Å²) in [5.41, 5.74) is 2.17. The Morgan fingerprint density at radius 2 is 1.95 bits per heavy atom. The van der Waals surface area contributed by atoms with Crippen LogP contribution in [0.5, 0.6) is 0 Å². The quantitative estimate of drug-likeness (QED) is 0.878. The van der Waals surface area contributed by atoms with Crippen LogP contribution in [0.2, 0.25) is 0 Å². The van der Waals surface area contributed by atoms with Gasteiger partial charge in [0.15, 0.2) is 0 Å². The number of hydrogen-bond donors (Lipinski definition) is 1. The molecule has 0 unspecified atom stereocenters. The van der Waals surface area contributed by atoms with Crippen LogP contribution in [0.1, 0.15) is 32.3 Å². The molecule has 0 aliphatic rings. The van der Waals surface area contributed by atoms with E-state index in [9.17, 15) is 4.79 Å². The minimum Gasteiger partial charge on any atom is -0.352 e. The molecule has 1 aromatic carbocycles. The molecule has 0 radical (unpaired) electrons. The molecule has 2 rings (SSSR count). The fourth-order valence-electron chi connectivity index (χ4n) is 2.19. The molecule has 106 valence electrons. The van der Waals surface area contributed by atoms with E-state index in [1.807, 2.05) is 48.9 Å². The molecule has 0 saturated heterocycles. The van der Waals surface area contributed by atoms with Gasteiger partial charge in [-0.25, -0.2) is 4.98 Å². The number of carbonyl (C=O) groups excluding carboxylic acids is 1. The molecule has 0 atom stereocenters. The van der Waals surface area contributed by atoms with E-state index in [0.29, 0.717) is 6.54 Å². The zero-order valence-electron chi connectivity index (χ0n) is 12.0. The Labute approximate surface area is 119 Å². The molecule has 4 heteroatoms. The molecule has 2 aromatic rings. The van der Waals surface area contributed by atoms with Crippen molar-refractivity contribution in [2.45, 2.75) is 33.2 Å². The van der Waals surface area contributed by atoms with Crippen LogP contribution in [0.25, 0.3) is 5.69 Å². The normalized spacial score (nSPS) is 10.8. The maximum atomic E-state index is 11.9. The summed E-state index contributed by atoms with van der Waals surface area (Å²) < 4.78 is 1.95. The highest BCUT2D eigenvalue weighted by Crippen LogP contribution is 2.10. The van der Waals surface area contributed by atoms with Crippen molar-refractivity contribution >= 4 is 5.91 Å². The summed E-state index contributed by atoms with van der Waals surface area (Å²) in [6.45, 7) is 4.68. The third-order valence-corrected chi connectivity index (χ3v) is 3.56. The smallest absolute Gasteiger partial charge is 0.223 e. The second-order valence-corrected chi connectivity index (χ2v) is 4.87. The Hall–Kier alpha value is -2.10. The van der Waals surface area contributed by atoms with E-state index < -0.39 is 0 Å². The van der Waals surface area contributed by atoms with E-state index in [4.69, 9.17) is 0 Å². The maximum absolute atomic E-state index is 11.9. The molecular weight excluding hydrogens is 250 g/mol. The van der Waals surface area contributed by atoms with Crippen LogP contribution in [0.3, 0.4) is 0 Å². The van der Waals surface area contributed by atoms with Crippen LogP contribution < -0.4 is 5.32 Å². The van der Waals surface area contributed by atoms with Crippen molar-refractivity contribution in [3.8, 4) is 5.69 Å². The molecule has 1 aromatic heterocycles. The van der Waals surface area contributed by atoms with E-state index in [1.165, 1.54) is 0 Å². The van der Waals surface area contributed by atoms with E-state index >= 15 is 0 Å². The average Bonchev–Trinajstić information content (AvgIpc) is 3.01. The van der Waals surface area contributed by atoms with Gasteiger partial charge in [-0.2, -0.15) is 0 Å². The Bertz CT molecular complexity index is 527. The largest absolute Gasteiger partial charge is 0.352 e. The summed E-state index contributed by atoms with van der Waals surface area (Å²) in [4.78, 5) is 15.9. The summed E-state index contributed by atoms with van der Waals surface area (Å²) in [5.74, 6) is 0.272. The molecule has 4 nitrogen and oxygen atoms in total. The van der Waals surface area contributed by atoms with E-state index in [0.717, 1.165) is 24.1 Å². The number of nitrogens with one attached hydrogen (secondary N) is 1. The number of carbonyl (C=O) groups is 1. The third kappa shape index (κ3) is 3.47. The molecule has 1 heterocycles. The van der Waals surface area contributed by atoms with Gasteiger partial charge in [0.2, 0.25) is 5.91 Å². The number of aromatic nitrogens is 2. The molecule has 1 amide bonds. The van der Waals surface area contributed by atoms with Gasteiger partial charge >= 0.3 is 0 Å². The highest BCUT2D eigenvalue weighted by Gasteiger charge is 2.13. The van der Waals surface area contributed by atoms with Crippen molar-refractivity contribution in [1.29, 1.82) is 0 Å². The van der Waals surface area contributed by atoms with Crippen molar-refractivity contribution in [3.05, 3.63) is 48.5 Å². The predicted octanol–water partition coefficient (Wildman–Crippen LogP) is 2.92. The van der Waals surface area contributed by atoms with Gasteiger partial charge in [0.1, 0.15) is 0 Å². The topological polar surface area (TPSA) is 46.9 Å². The first-order valence-corrected chi connectivity index (χ1v) is 7.09. The molecule has 20 heavy (non-hydrogen) atoms. The Kier molecular flexibility index (Phi) is 4.93. The molecular formula is C16H21N3O. The van der Waals surface area contributed by atoms with E-state index in [-0.39, 0.29) is 11.8 Å². The summed E-state index contributed by atoms with van der Waals surface area (Å²) >= 11 is 0. The first-order valence-electron chi connectivity index (χ1n) is 7.09. The number of imidazole rings is 1. The van der Waals surface area contributed by atoms with Gasteiger partial charge in [-0.15, -0.1) is 0 Å². The van der Waals surface area contributed by atoms with Crippen molar-refractivity contribution < 1.29 is 4.79 Å². The van der Waals surface area contributed by atoms with Crippen molar-refractivity contribution in [1.82, 2.24) is 14.9 Å². The zero-order valence-corrected chi connectivity index (χ0v) is 12.0. The summed E-state index contributed by atoms with van der Waals surface area (Å²) in [6, 6.07) is 8.12. The number of benzene rings is 1. The third-order valence-electron chi connectivity index (χ3n) is 3.56. The van der Waals surface area contributed by atoms with Gasteiger partial charge in [0, 0.05) is 30.5 Å². The second kappa shape index (κ2) is 6.89. The zero-order chi connectivity index (χ0) is 14.4. The lowest BCUT2D eigenvalue weighted by molar-refractivity contribution is -0.125. The minimum absolute atomic E-state index is 0.125. The lowest BCUT2D eigenvalue weighted by Gasteiger charge is -2.13. The summed E-state index contributed by atoms with van der Waals surface area (Å²) in [6.07, 6.45) is 7.21. The van der Waals surface area contributed by atoms with Crippen LogP contribution in [0.4, 0.5) is 0 Å². The van der Waals surface area contributed by atoms with Crippen LogP contribution >= 0.6 is 0 Å². The highest BCUT2D eigenvalue weighted by atomic mass is 16.1. The standard InChI is InChI=1S/C16H21N3O/c1-3-14(4-2)16(20)18-11-13-5-7-15(8-6-13)19-10-9-17-12-19/h5-10,12,14H,3-4,11H2,1-2H3,(H,18,20). The van der Waals surface area contributed by atoms with Gasteiger partial charge in [-0.3, -0.25) is 4.79 Å². The Morgan fingerprint density at radius 3 is 2.50 bits per heavy atom. The predicted molar refractivity (Wildman–Crippen MR) is 79.5 cm³/mol. The SMILES string of the molecule is CCC(CC)C(=O)NCc1ccc(-n2ccnc2)cc1. The van der Waals surface area contributed by atoms with Crippen molar-refractivity contribution in [3.63, 3.8) is 0 Å². The number of nitrogens with zero attached hydrogens (tertiary/aromatic N) is 2. The first-order chi connectivity index (χ1) is 9.74. The molecule has 0 spiro atoms. The Morgan fingerprint density at radius 1 is 1.25 bits per heavy atom. The van der Waals surface area contributed by atoms with E-state index in [2.05, 4.69) is 10.3 Å². The van der Waals surface area contributed by atoms with Crippen LogP contribution in [-0.2, 0) is 11.3 Å². The summed E-state index contributed by atoms with van der Waals surface area (Å²) in [5, 5.41) is 3.00. The van der Waals surface area contributed by atoms with Crippen molar-refractivity contribution in [2.75, 3.05) is 0 Å². The molecule has 0 bridgehead atoms. The fourth-order valence-corrected chi connectivity index (χ4v) is 2.19. The monoisotopic (exact) mass is 271 g/mol. The van der Waals surface area contributed by atoms with Crippen molar-refractivity contribution in [2.24, 2.45) is 5.92 Å². The van der Waals surface area contributed by atoms with Crippen LogP contribution in [0, 0.1) is 5.92 Å². The molecule has 0 fully saturated rings. The van der Waals surface area contributed by atoms with Gasteiger partial charge in [-0.05, 0) is 30.5 Å². The highest BCUT2D eigenvalue weighted by molar-refractivity contribution is 5.78. The fraction of sp³-hybridized carbons (Fsp3) is 0.375. The van der Waals surface area contributed by atoms with Gasteiger partial charge in [0.05, 0.1) is 6.33 Å². The number of hydrogen-bond acceptors (Lipinski definition) is 2. The lowest BCUT2D eigenvalue weighted by Crippen LogP contribution is -2.29. The van der Waals surface area contributed by atoms with Crippen LogP contribution in [-0.4, -0.2) is 15.5 Å².